The number of sulfonamides is 1. The Morgan fingerprint density at radius 3 is 2.41 bits per heavy atom. The molecule has 2 N–H and O–H groups in total. The number of benzene rings is 2. The standard InChI is InChI=1S/C19H19FN2O4S/c1-11(2)22-27(24,25)15-7-5-14(6-8-15)21-19(23)18-12(3)16-10-13(20)4-9-17(16)26-18/h4-11,22H,1-3H3,(H,21,23). The molecule has 3 rings (SSSR count). The second-order valence-electron chi connectivity index (χ2n) is 6.45. The number of nitrogens with one attached hydrogen (secondary N) is 2. The number of hydrogen-bond acceptors (Lipinski definition) is 4. The second kappa shape index (κ2) is 7.13. The fraction of sp³-hybridized carbons (Fsp3) is 0.211. The van der Waals surface area contributed by atoms with Gasteiger partial charge in [0, 0.05) is 22.7 Å². The van der Waals surface area contributed by atoms with Crippen molar-refractivity contribution in [3.05, 3.63) is 59.6 Å². The molecule has 3 aromatic rings. The molecule has 0 aliphatic heterocycles. The van der Waals surface area contributed by atoms with Crippen molar-refractivity contribution in [3.8, 4) is 0 Å². The zero-order valence-corrected chi connectivity index (χ0v) is 15.9. The zero-order valence-electron chi connectivity index (χ0n) is 15.0. The highest BCUT2D eigenvalue weighted by molar-refractivity contribution is 7.89. The SMILES string of the molecule is Cc1c(C(=O)Nc2ccc(S(=O)(=O)NC(C)C)cc2)oc2ccc(F)cc12. The molecule has 1 aromatic heterocycles. The van der Waals surface area contributed by atoms with Crippen LogP contribution in [0.15, 0.2) is 51.8 Å². The van der Waals surface area contributed by atoms with E-state index >= 15 is 0 Å². The van der Waals surface area contributed by atoms with Crippen LogP contribution >= 0.6 is 0 Å². The Hall–Kier alpha value is -2.71. The van der Waals surface area contributed by atoms with E-state index in [4.69, 9.17) is 4.42 Å². The van der Waals surface area contributed by atoms with E-state index in [0.717, 1.165) is 0 Å². The lowest BCUT2D eigenvalue weighted by atomic mass is 10.1. The highest BCUT2D eigenvalue weighted by atomic mass is 32.2. The topological polar surface area (TPSA) is 88.4 Å². The van der Waals surface area contributed by atoms with Crippen molar-refractivity contribution in [2.45, 2.75) is 31.7 Å². The van der Waals surface area contributed by atoms with Gasteiger partial charge in [-0.2, -0.15) is 0 Å². The maximum Gasteiger partial charge on any atom is 0.291 e. The summed E-state index contributed by atoms with van der Waals surface area (Å²) in [6, 6.07) is 9.60. The number of anilines is 1. The zero-order chi connectivity index (χ0) is 19.8. The van der Waals surface area contributed by atoms with E-state index in [1.54, 1.807) is 20.8 Å². The Bertz CT molecular complexity index is 1100. The monoisotopic (exact) mass is 390 g/mol. The van der Waals surface area contributed by atoms with E-state index in [1.165, 1.54) is 42.5 Å². The largest absolute Gasteiger partial charge is 0.451 e. The molecule has 27 heavy (non-hydrogen) atoms. The van der Waals surface area contributed by atoms with Gasteiger partial charge in [-0.1, -0.05) is 0 Å². The van der Waals surface area contributed by atoms with Crippen molar-refractivity contribution >= 4 is 32.6 Å². The van der Waals surface area contributed by atoms with E-state index in [1.807, 2.05) is 0 Å². The summed E-state index contributed by atoms with van der Waals surface area (Å²) in [5, 5.41) is 3.18. The molecule has 1 amide bonds. The number of amides is 1. The predicted molar refractivity (Wildman–Crippen MR) is 101 cm³/mol. The smallest absolute Gasteiger partial charge is 0.291 e. The van der Waals surface area contributed by atoms with Crippen LogP contribution in [0, 0.1) is 12.7 Å². The molecular formula is C19H19FN2O4S. The normalized spacial score (nSPS) is 11.9. The first-order chi connectivity index (χ1) is 12.7. The van der Waals surface area contributed by atoms with Gasteiger partial charge in [-0.25, -0.2) is 17.5 Å². The summed E-state index contributed by atoms with van der Waals surface area (Å²) >= 11 is 0. The molecule has 0 saturated carbocycles. The number of aryl methyl sites for hydroxylation is 1. The van der Waals surface area contributed by atoms with Crippen molar-refractivity contribution in [2.24, 2.45) is 0 Å². The average molecular weight is 390 g/mol. The Morgan fingerprint density at radius 1 is 1.11 bits per heavy atom. The van der Waals surface area contributed by atoms with Gasteiger partial charge in [-0.15, -0.1) is 0 Å². The Labute approximate surface area is 156 Å². The van der Waals surface area contributed by atoms with E-state index < -0.39 is 21.7 Å². The van der Waals surface area contributed by atoms with Gasteiger partial charge in [0.15, 0.2) is 5.76 Å². The van der Waals surface area contributed by atoms with Crippen LogP contribution in [-0.2, 0) is 10.0 Å². The van der Waals surface area contributed by atoms with E-state index in [9.17, 15) is 17.6 Å². The van der Waals surface area contributed by atoms with Crippen LogP contribution in [0.4, 0.5) is 10.1 Å². The molecule has 0 saturated heterocycles. The van der Waals surface area contributed by atoms with Gasteiger partial charge in [-0.3, -0.25) is 4.79 Å². The molecule has 6 nitrogen and oxygen atoms in total. The number of hydrogen-bond donors (Lipinski definition) is 2. The molecule has 142 valence electrons. The minimum atomic E-state index is -3.60. The van der Waals surface area contributed by atoms with E-state index in [0.29, 0.717) is 22.2 Å². The number of halogens is 1. The molecular weight excluding hydrogens is 371 g/mol. The number of fused-ring (bicyclic) bond motifs is 1. The van der Waals surface area contributed by atoms with Gasteiger partial charge in [0.25, 0.3) is 5.91 Å². The first kappa shape index (κ1) is 19.1. The molecule has 1 heterocycles. The summed E-state index contributed by atoms with van der Waals surface area (Å²) in [7, 11) is -3.60. The highest BCUT2D eigenvalue weighted by Crippen LogP contribution is 2.26. The molecule has 0 unspecified atom stereocenters. The molecule has 0 fully saturated rings. The Balaban J connectivity index is 1.82. The fourth-order valence-electron chi connectivity index (χ4n) is 2.69. The van der Waals surface area contributed by atoms with Gasteiger partial charge in [0.1, 0.15) is 11.4 Å². The minimum absolute atomic E-state index is 0.0776. The van der Waals surface area contributed by atoms with E-state index in [2.05, 4.69) is 10.0 Å². The lowest BCUT2D eigenvalue weighted by Gasteiger charge is -2.10. The maximum absolute atomic E-state index is 13.4. The first-order valence-corrected chi connectivity index (χ1v) is 9.78. The molecule has 0 radical (unpaired) electrons. The predicted octanol–water partition coefficient (Wildman–Crippen LogP) is 3.82. The average Bonchev–Trinajstić information content (AvgIpc) is 2.91. The second-order valence-corrected chi connectivity index (χ2v) is 8.17. The van der Waals surface area contributed by atoms with Gasteiger partial charge >= 0.3 is 0 Å². The summed E-state index contributed by atoms with van der Waals surface area (Å²) in [6.45, 7) is 5.13. The van der Waals surface area contributed by atoms with Crippen LogP contribution in [0.3, 0.4) is 0 Å². The van der Waals surface area contributed by atoms with Crippen molar-refractivity contribution in [3.63, 3.8) is 0 Å². The third-order valence-electron chi connectivity index (χ3n) is 3.92. The molecule has 2 aromatic carbocycles. The van der Waals surface area contributed by atoms with Crippen molar-refractivity contribution in [2.75, 3.05) is 5.32 Å². The quantitative estimate of drug-likeness (QED) is 0.693. The van der Waals surface area contributed by atoms with Crippen LogP contribution < -0.4 is 10.0 Å². The summed E-state index contributed by atoms with van der Waals surface area (Å²) in [4.78, 5) is 12.6. The van der Waals surface area contributed by atoms with E-state index in [-0.39, 0.29) is 16.7 Å². The lowest BCUT2D eigenvalue weighted by Crippen LogP contribution is -2.30. The Morgan fingerprint density at radius 2 is 1.78 bits per heavy atom. The minimum Gasteiger partial charge on any atom is -0.451 e. The molecule has 0 bridgehead atoms. The molecule has 0 aliphatic rings. The number of furan rings is 1. The van der Waals surface area contributed by atoms with Crippen LogP contribution in [0.5, 0.6) is 0 Å². The van der Waals surface area contributed by atoms with Gasteiger partial charge in [-0.05, 0) is 63.2 Å². The van der Waals surface area contributed by atoms with Crippen LogP contribution in [0.1, 0.15) is 30.0 Å². The number of rotatable bonds is 5. The molecule has 0 atom stereocenters. The number of carbonyl (C=O) groups excluding carboxylic acids is 1. The summed E-state index contributed by atoms with van der Waals surface area (Å²) < 4.78 is 45.7. The molecule has 0 spiro atoms. The van der Waals surface area contributed by atoms with Crippen LogP contribution in [0.25, 0.3) is 11.0 Å². The lowest BCUT2D eigenvalue weighted by molar-refractivity contribution is 0.0998. The van der Waals surface area contributed by atoms with Crippen molar-refractivity contribution in [1.29, 1.82) is 0 Å². The Kier molecular flexibility index (Phi) is 5.03. The highest BCUT2D eigenvalue weighted by Gasteiger charge is 2.19. The van der Waals surface area contributed by atoms with Crippen LogP contribution in [-0.4, -0.2) is 20.4 Å². The van der Waals surface area contributed by atoms with Gasteiger partial charge in [0.05, 0.1) is 4.90 Å². The third kappa shape index (κ3) is 4.01. The molecule has 0 aliphatic carbocycles. The number of carbonyl (C=O) groups is 1. The van der Waals surface area contributed by atoms with Crippen molar-refractivity contribution < 1.29 is 22.0 Å². The van der Waals surface area contributed by atoms with Gasteiger partial charge < -0.3 is 9.73 Å². The van der Waals surface area contributed by atoms with Crippen LogP contribution in [0.2, 0.25) is 0 Å². The summed E-state index contributed by atoms with van der Waals surface area (Å²) in [5.74, 6) is -0.834. The third-order valence-corrected chi connectivity index (χ3v) is 5.59. The maximum atomic E-state index is 13.4. The van der Waals surface area contributed by atoms with Crippen molar-refractivity contribution in [1.82, 2.24) is 4.72 Å². The molecule has 8 heteroatoms. The first-order valence-electron chi connectivity index (χ1n) is 8.30. The summed E-state index contributed by atoms with van der Waals surface area (Å²) in [5.41, 5.74) is 1.36. The fourth-order valence-corrected chi connectivity index (χ4v) is 3.94. The summed E-state index contributed by atoms with van der Waals surface area (Å²) in [6.07, 6.45) is 0. The van der Waals surface area contributed by atoms with Gasteiger partial charge in [0.2, 0.25) is 10.0 Å².